The number of aliphatic hydroxyl groups is 1. The van der Waals surface area contributed by atoms with Crippen molar-refractivity contribution in [2.24, 2.45) is 0 Å². The Morgan fingerprint density at radius 1 is 1.55 bits per heavy atom. The molecule has 0 saturated carbocycles. The van der Waals surface area contributed by atoms with Gasteiger partial charge in [-0.2, -0.15) is 0 Å². The molecule has 3 nitrogen and oxygen atoms in total. The summed E-state index contributed by atoms with van der Waals surface area (Å²) in [6, 6.07) is 0. The molecule has 3 heteroatoms. The van der Waals surface area contributed by atoms with E-state index < -0.39 is 6.29 Å². The van der Waals surface area contributed by atoms with Crippen LogP contribution in [0.15, 0.2) is 0 Å². The highest BCUT2D eigenvalue weighted by atomic mass is 16.6. The van der Waals surface area contributed by atoms with E-state index in [-0.39, 0.29) is 0 Å². The van der Waals surface area contributed by atoms with Crippen molar-refractivity contribution in [1.29, 1.82) is 0 Å². The SMILES string of the molecule is CCN(C)CCCC(O)OC. The van der Waals surface area contributed by atoms with E-state index in [9.17, 15) is 0 Å². The molecule has 0 aromatic rings. The summed E-state index contributed by atoms with van der Waals surface area (Å²) in [5.41, 5.74) is 0. The lowest BCUT2D eigenvalue weighted by molar-refractivity contribution is -0.0797. The lowest BCUT2D eigenvalue weighted by atomic mass is 10.3. The molecule has 1 unspecified atom stereocenters. The molecule has 0 fully saturated rings. The Balaban J connectivity index is 3.13. The Labute approximate surface area is 69.0 Å². The van der Waals surface area contributed by atoms with Crippen LogP contribution in [-0.2, 0) is 4.74 Å². The van der Waals surface area contributed by atoms with Crippen molar-refractivity contribution in [1.82, 2.24) is 4.90 Å². The van der Waals surface area contributed by atoms with Crippen LogP contribution < -0.4 is 0 Å². The van der Waals surface area contributed by atoms with Crippen molar-refractivity contribution in [3.8, 4) is 0 Å². The molecule has 0 aliphatic carbocycles. The molecule has 1 atom stereocenters. The minimum Gasteiger partial charge on any atom is -0.368 e. The highest BCUT2D eigenvalue weighted by Gasteiger charge is 2.01. The second-order valence-corrected chi connectivity index (χ2v) is 2.73. The number of nitrogens with zero attached hydrogens (tertiary/aromatic N) is 1. The first-order valence-corrected chi connectivity index (χ1v) is 4.10. The molecule has 0 saturated heterocycles. The maximum absolute atomic E-state index is 9.00. The van der Waals surface area contributed by atoms with Gasteiger partial charge in [0, 0.05) is 7.11 Å². The fourth-order valence-corrected chi connectivity index (χ4v) is 0.812. The van der Waals surface area contributed by atoms with Crippen LogP contribution in [-0.4, -0.2) is 43.5 Å². The van der Waals surface area contributed by atoms with Gasteiger partial charge in [0.1, 0.15) is 0 Å². The molecule has 0 aliphatic rings. The third-order valence-electron chi connectivity index (χ3n) is 1.80. The predicted molar refractivity (Wildman–Crippen MR) is 45.4 cm³/mol. The molecule has 0 radical (unpaired) electrons. The normalized spacial score (nSPS) is 13.9. The highest BCUT2D eigenvalue weighted by molar-refractivity contribution is 4.49. The standard InChI is InChI=1S/C8H19NO2/c1-4-9(2)7-5-6-8(10)11-3/h8,10H,4-7H2,1-3H3. The van der Waals surface area contributed by atoms with Crippen LogP contribution >= 0.6 is 0 Å². The van der Waals surface area contributed by atoms with Gasteiger partial charge >= 0.3 is 0 Å². The van der Waals surface area contributed by atoms with E-state index in [4.69, 9.17) is 9.84 Å². The van der Waals surface area contributed by atoms with Gasteiger partial charge in [0.15, 0.2) is 6.29 Å². The molecule has 0 aliphatic heterocycles. The molecule has 1 N–H and O–H groups in total. The minimum atomic E-state index is -0.583. The van der Waals surface area contributed by atoms with E-state index in [1.807, 2.05) is 0 Å². The van der Waals surface area contributed by atoms with Crippen LogP contribution in [0.1, 0.15) is 19.8 Å². The molecule has 0 bridgehead atoms. The summed E-state index contributed by atoms with van der Waals surface area (Å²) in [7, 11) is 3.59. The van der Waals surface area contributed by atoms with E-state index in [0.717, 1.165) is 25.9 Å². The van der Waals surface area contributed by atoms with E-state index in [0.29, 0.717) is 0 Å². The minimum absolute atomic E-state index is 0.583. The molecular weight excluding hydrogens is 142 g/mol. The topological polar surface area (TPSA) is 32.7 Å². The molecule has 0 rings (SSSR count). The average Bonchev–Trinajstić information content (AvgIpc) is 2.04. The summed E-state index contributed by atoms with van der Waals surface area (Å²) < 4.78 is 4.70. The van der Waals surface area contributed by atoms with Crippen LogP contribution in [0.2, 0.25) is 0 Å². The van der Waals surface area contributed by atoms with Crippen LogP contribution in [0, 0.1) is 0 Å². The van der Waals surface area contributed by atoms with Crippen molar-refractivity contribution in [2.75, 3.05) is 27.2 Å². The van der Waals surface area contributed by atoms with Gasteiger partial charge in [-0.25, -0.2) is 0 Å². The predicted octanol–water partition coefficient (Wildman–Crippen LogP) is 0.683. The summed E-state index contributed by atoms with van der Waals surface area (Å²) in [4.78, 5) is 2.21. The first kappa shape index (κ1) is 10.9. The van der Waals surface area contributed by atoms with Gasteiger partial charge in [-0.15, -0.1) is 0 Å². The van der Waals surface area contributed by atoms with Gasteiger partial charge in [0.25, 0.3) is 0 Å². The maximum Gasteiger partial charge on any atom is 0.154 e. The Morgan fingerprint density at radius 2 is 2.18 bits per heavy atom. The third-order valence-corrected chi connectivity index (χ3v) is 1.80. The first-order chi connectivity index (χ1) is 5.20. The molecular formula is C8H19NO2. The van der Waals surface area contributed by atoms with Crippen molar-refractivity contribution in [2.45, 2.75) is 26.1 Å². The Hall–Kier alpha value is -0.120. The summed E-state index contributed by atoms with van der Waals surface area (Å²) in [6.07, 6.45) is 1.13. The molecule has 0 aromatic carbocycles. The van der Waals surface area contributed by atoms with E-state index >= 15 is 0 Å². The summed E-state index contributed by atoms with van der Waals surface area (Å²) in [5.74, 6) is 0. The molecule has 68 valence electrons. The fraction of sp³-hybridized carbons (Fsp3) is 1.00. The van der Waals surface area contributed by atoms with Crippen molar-refractivity contribution >= 4 is 0 Å². The summed E-state index contributed by atoms with van der Waals surface area (Å²) in [5, 5.41) is 9.00. The molecule has 0 heterocycles. The zero-order valence-corrected chi connectivity index (χ0v) is 7.71. The van der Waals surface area contributed by atoms with Crippen LogP contribution in [0.5, 0.6) is 0 Å². The van der Waals surface area contributed by atoms with Crippen molar-refractivity contribution in [3.63, 3.8) is 0 Å². The zero-order chi connectivity index (χ0) is 8.69. The Bertz CT molecular complexity index is 78.2. The number of hydrogen-bond acceptors (Lipinski definition) is 3. The van der Waals surface area contributed by atoms with Gasteiger partial charge in [-0.1, -0.05) is 6.92 Å². The smallest absolute Gasteiger partial charge is 0.154 e. The number of ether oxygens (including phenoxy) is 1. The Morgan fingerprint density at radius 3 is 2.64 bits per heavy atom. The lowest BCUT2D eigenvalue weighted by Crippen LogP contribution is -2.20. The van der Waals surface area contributed by atoms with Gasteiger partial charge in [-0.3, -0.25) is 0 Å². The second-order valence-electron chi connectivity index (χ2n) is 2.73. The van der Waals surface area contributed by atoms with E-state index in [1.54, 1.807) is 0 Å². The maximum atomic E-state index is 9.00. The number of aliphatic hydroxyl groups excluding tert-OH is 1. The quantitative estimate of drug-likeness (QED) is 0.582. The zero-order valence-electron chi connectivity index (χ0n) is 7.71. The second kappa shape index (κ2) is 6.58. The largest absolute Gasteiger partial charge is 0.368 e. The molecule has 0 aromatic heterocycles. The van der Waals surface area contributed by atoms with Crippen molar-refractivity contribution in [3.05, 3.63) is 0 Å². The summed E-state index contributed by atoms with van der Waals surface area (Å²) in [6.45, 7) is 4.20. The number of hydrogen-bond donors (Lipinski definition) is 1. The lowest BCUT2D eigenvalue weighted by Gasteiger charge is -2.14. The van der Waals surface area contributed by atoms with E-state index in [1.165, 1.54) is 7.11 Å². The molecule has 11 heavy (non-hydrogen) atoms. The molecule has 0 amide bonds. The number of methoxy groups -OCH3 is 1. The van der Waals surface area contributed by atoms with Crippen LogP contribution in [0.3, 0.4) is 0 Å². The molecule has 0 spiro atoms. The van der Waals surface area contributed by atoms with Crippen LogP contribution in [0.4, 0.5) is 0 Å². The van der Waals surface area contributed by atoms with Crippen LogP contribution in [0.25, 0.3) is 0 Å². The van der Waals surface area contributed by atoms with Gasteiger partial charge < -0.3 is 14.7 Å². The van der Waals surface area contributed by atoms with E-state index in [2.05, 4.69) is 18.9 Å². The monoisotopic (exact) mass is 161 g/mol. The summed E-state index contributed by atoms with van der Waals surface area (Å²) >= 11 is 0. The number of rotatable bonds is 6. The van der Waals surface area contributed by atoms with Gasteiger partial charge in [-0.05, 0) is 33.0 Å². The third kappa shape index (κ3) is 6.28. The highest BCUT2D eigenvalue weighted by Crippen LogP contribution is 1.98. The average molecular weight is 161 g/mol. The van der Waals surface area contributed by atoms with Gasteiger partial charge in [0.2, 0.25) is 0 Å². The Kier molecular flexibility index (Phi) is 6.51. The fourth-order valence-electron chi connectivity index (χ4n) is 0.812. The first-order valence-electron chi connectivity index (χ1n) is 4.10. The van der Waals surface area contributed by atoms with Gasteiger partial charge in [0.05, 0.1) is 0 Å². The van der Waals surface area contributed by atoms with Crippen molar-refractivity contribution < 1.29 is 9.84 Å².